The minimum absolute atomic E-state index is 0.171. The van der Waals surface area contributed by atoms with Crippen molar-refractivity contribution >= 4 is 11.6 Å². The molecule has 2 aromatic carbocycles. The number of aryl methyl sites for hydroxylation is 1. The summed E-state index contributed by atoms with van der Waals surface area (Å²) in [5.74, 6) is -0.138. The number of amides is 1. The van der Waals surface area contributed by atoms with Crippen molar-refractivity contribution in [2.24, 2.45) is 0 Å². The molecule has 1 amide bonds. The van der Waals surface area contributed by atoms with Gasteiger partial charge in [0.25, 0.3) is 5.91 Å². The molecule has 0 fully saturated rings. The van der Waals surface area contributed by atoms with Gasteiger partial charge in [-0.05, 0) is 24.6 Å². The highest BCUT2D eigenvalue weighted by molar-refractivity contribution is 5.91. The van der Waals surface area contributed by atoms with Crippen molar-refractivity contribution in [3.05, 3.63) is 83.7 Å². The smallest absolute Gasteiger partial charge is 0.291 e. The highest BCUT2D eigenvalue weighted by Crippen LogP contribution is 2.16. The molecule has 0 spiro atoms. The second kappa shape index (κ2) is 6.76. The molecule has 6 nitrogen and oxygen atoms in total. The van der Waals surface area contributed by atoms with Crippen LogP contribution in [0.2, 0.25) is 0 Å². The van der Waals surface area contributed by atoms with E-state index in [1.165, 1.54) is 10.1 Å². The first-order chi connectivity index (χ1) is 12.7. The third-order valence-electron chi connectivity index (χ3n) is 4.11. The minimum atomic E-state index is -0.309. The van der Waals surface area contributed by atoms with E-state index in [0.29, 0.717) is 12.2 Å². The second-order valence-corrected chi connectivity index (χ2v) is 6.05. The summed E-state index contributed by atoms with van der Waals surface area (Å²) in [7, 11) is 0. The van der Waals surface area contributed by atoms with Crippen LogP contribution in [-0.2, 0) is 6.54 Å². The van der Waals surface area contributed by atoms with E-state index in [1.54, 1.807) is 6.07 Å². The van der Waals surface area contributed by atoms with Gasteiger partial charge in [0.15, 0.2) is 5.65 Å². The Morgan fingerprint density at radius 1 is 0.962 bits per heavy atom. The van der Waals surface area contributed by atoms with Crippen LogP contribution in [0, 0.1) is 6.92 Å². The average Bonchev–Trinajstić information content (AvgIpc) is 3.11. The number of carbonyl (C=O) groups excluding carboxylic acids is 1. The molecule has 128 valence electrons. The first kappa shape index (κ1) is 16.0. The highest BCUT2D eigenvalue weighted by Gasteiger charge is 2.16. The summed E-state index contributed by atoms with van der Waals surface area (Å²) in [5.41, 5.74) is 4.46. The van der Waals surface area contributed by atoms with E-state index < -0.39 is 0 Å². The van der Waals surface area contributed by atoms with Crippen LogP contribution < -0.4 is 5.32 Å². The molecule has 0 unspecified atom stereocenters. The zero-order valence-corrected chi connectivity index (χ0v) is 14.3. The second-order valence-electron chi connectivity index (χ2n) is 6.05. The largest absolute Gasteiger partial charge is 0.345 e. The molecule has 0 atom stereocenters. The van der Waals surface area contributed by atoms with E-state index in [2.05, 4.69) is 20.6 Å². The molecule has 1 N–H and O–H groups in total. The maximum absolute atomic E-state index is 12.5. The molecule has 6 heteroatoms. The fourth-order valence-electron chi connectivity index (χ4n) is 2.66. The number of fused-ring (bicyclic) bond motifs is 1. The third kappa shape index (κ3) is 3.17. The van der Waals surface area contributed by atoms with Crippen molar-refractivity contribution in [1.82, 2.24) is 25.1 Å². The van der Waals surface area contributed by atoms with Gasteiger partial charge in [-0.3, -0.25) is 4.79 Å². The molecule has 4 rings (SSSR count). The van der Waals surface area contributed by atoms with Gasteiger partial charge in [0.2, 0.25) is 5.82 Å². The van der Waals surface area contributed by atoms with Gasteiger partial charge in [0.05, 0.1) is 5.69 Å². The Morgan fingerprint density at radius 3 is 2.50 bits per heavy atom. The number of nitrogens with zero attached hydrogens (tertiary/aromatic N) is 4. The molecule has 0 radical (unpaired) electrons. The van der Waals surface area contributed by atoms with Gasteiger partial charge >= 0.3 is 0 Å². The first-order valence-corrected chi connectivity index (χ1v) is 8.32. The van der Waals surface area contributed by atoms with E-state index in [4.69, 9.17) is 0 Å². The number of hydrogen-bond donors (Lipinski definition) is 1. The summed E-state index contributed by atoms with van der Waals surface area (Å²) >= 11 is 0. The lowest BCUT2D eigenvalue weighted by molar-refractivity contribution is 0.0938. The van der Waals surface area contributed by atoms with Crippen LogP contribution in [0.3, 0.4) is 0 Å². The SMILES string of the molecule is Cc1ccc(CNC(=O)c2nnc3ccc(-c4ccccc4)nn23)cc1. The Hall–Kier alpha value is -3.54. The minimum Gasteiger partial charge on any atom is -0.345 e. The molecule has 2 heterocycles. The molecule has 0 aliphatic heterocycles. The Labute approximate surface area is 150 Å². The van der Waals surface area contributed by atoms with E-state index in [1.807, 2.05) is 67.6 Å². The summed E-state index contributed by atoms with van der Waals surface area (Å²) in [5, 5.41) is 15.4. The lowest BCUT2D eigenvalue weighted by Crippen LogP contribution is -2.25. The third-order valence-corrected chi connectivity index (χ3v) is 4.11. The van der Waals surface area contributed by atoms with Crippen LogP contribution in [0.15, 0.2) is 66.7 Å². The van der Waals surface area contributed by atoms with Crippen molar-refractivity contribution in [3.8, 4) is 11.3 Å². The monoisotopic (exact) mass is 343 g/mol. The number of carbonyl (C=O) groups is 1. The Morgan fingerprint density at radius 2 is 1.73 bits per heavy atom. The van der Waals surface area contributed by atoms with Gasteiger partial charge in [0.1, 0.15) is 0 Å². The lowest BCUT2D eigenvalue weighted by Gasteiger charge is -2.05. The van der Waals surface area contributed by atoms with E-state index >= 15 is 0 Å². The fraction of sp³-hybridized carbons (Fsp3) is 0.100. The van der Waals surface area contributed by atoms with Gasteiger partial charge in [-0.25, -0.2) is 0 Å². The summed E-state index contributed by atoms with van der Waals surface area (Å²) < 4.78 is 1.48. The highest BCUT2D eigenvalue weighted by atomic mass is 16.2. The Kier molecular flexibility index (Phi) is 4.15. The van der Waals surface area contributed by atoms with Gasteiger partial charge in [-0.15, -0.1) is 10.2 Å². The van der Waals surface area contributed by atoms with E-state index in [-0.39, 0.29) is 11.7 Å². The number of aromatic nitrogens is 4. The van der Waals surface area contributed by atoms with Crippen molar-refractivity contribution in [2.45, 2.75) is 13.5 Å². The molecule has 4 aromatic rings. The topological polar surface area (TPSA) is 72.2 Å². The predicted octanol–water partition coefficient (Wildman–Crippen LogP) is 3.03. The molecule has 0 bridgehead atoms. The van der Waals surface area contributed by atoms with Crippen molar-refractivity contribution in [3.63, 3.8) is 0 Å². The zero-order valence-electron chi connectivity index (χ0n) is 14.3. The Bertz CT molecular complexity index is 1050. The number of nitrogens with one attached hydrogen (secondary N) is 1. The molecule has 26 heavy (non-hydrogen) atoms. The van der Waals surface area contributed by atoms with Gasteiger partial charge in [0, 0.05) is 12.1 Å². The van der Waals surface area contributed by atoms with Gasteiger partial charge in [-0.2, -0.15) is 9.61 Å². The molecule has 0 saturated heterocycles. The summed E-state index contributed by atoms with van der Waals surface area (Å²) in [6.45, 7) is 2.45. The first-order valence-electron chi connectivity index (χ1n) is 8.32. The van der Waals surface area contributed by atoms with Crippen LogP contribution >= 0.6 is 0 Å². The Balaban J connectivity index is 1.59. The molecule has 2 aromatic heterocycles. The quantitative estimate of drug-likeness (QED) is 0.618. The molecular formula is C20H17N5O. The predicted molar refractivity (Wildman–Crippen MR) is 98.6 cm³/mol. The maximum atomic E-state index is 12.5. The van der Waals surface area contributed by atoms with Crippen LogP contribution in [0.1, 0.15) is 21.7 Å². The standard InChI is InChI=1S/C20H17N5O/c1-14-7-9-15(10-8-14)13-21-20(26)19-23-22-18-12-11-17(24-25(18)19)16-5-3-2-4-6-16/h2-12H,13H2,1H3,(H,21,26). The molecule has 0 aliphatic carbocycles. The van der Waals surface area contributed by atoms with Crippen LogP contribution in [-0.4, -0.2) is 25.7 Å². The van der Waals surface area contributed by atoms with Crippen molar-refractivity contribution in [2.75, 3.05) is 0 Å². The number of benzene rings is 2. The van der Waals surface area contributed by atoms with E-state index in [9.17, 15) is 4.79 Å². The van der Waals surface area contributed by atoms with Crippen LogP contribution in [0.25, 0.3) is 16.9 Å². The molecule has 0 saturated carbocycles. The summed E-state index contributed by atoms with van der Waals surface area (Å²) in [4.78, 5) is 12.5. The van der Waals surface area contributed by atoms with E-state index in [0.717, 1.165) is 16.8 Å². The molecular weight excluding hydrogens is 326 g/mol. The van der Waals surface area contributed by atoms with Crippen LogP contribution in [0.4, 0.5) is 0 Å². The zero-order chi connectivity index (χ0) is 17.9. The van der Waals surface area contributed by atoms with Gasteiger partial charge < -0.3 is 5.32 Å². The lowest BCUT2D eigenvalue weighted by atomic mass is 10.1. The molecule has 0 aliphatic rings. The van der Waals surface area contributed by atoms with Crippen molar-refractivity contribution in [1.29, 1.82) is 0 Å². The van der Waals surface area contributed by atoms with Gasteiger partial charge in [-0.1, -0.05) is 60.2 Å². The normalized spacial score (nSPS) is 10.8. The van der Waals surface area contributed by atoms with Crippen molar-refractivity contribution < 1.29 is 4.79 Å². The maximum Gasteiger partial charge on any atom is 0.291 e. The number of rotatable bonds is 4. The number of hydrogen-bond acceptors (Lipinski definition) is 4. The summed E-state index contributed by atoms with van der Waals surface area (Å²) in [6.07, 6.45) is 0. The van der Waals surface area contributed by atoms with Crippen LogP contribution in [0.5, 0.6) is 0 Å². The summed E-state index contributed by atoms with van der Waals surface area (Å²) in [6, 6.07) is 21.5. The fourth-order valence-corrected chi connectivity index (χ4v) is 2.66. The average molecular weight is 343 g/mol.